The summed E-state index contributed by atoms with van der Waals surface area (Å²) in [5, 5.41) is 0.308. The Labute approximate surface area is 168 Å². The van der Waals surface area contributed by atoms with Crippen molar-refractivity contribution in [2.24, 2.45) is 5.92 Å². The van der Waals surface area contributed by atoms with Gasteiger partial charge in [0, 0.05) is 25.9 Å². The summed E-state index contributed by atoms with van der Waals surface area (Å²) in [4.78, 5) is 11.4. The number of ether oxygens (including phenoxy) is 2. The van der Waals surface area contributed by atoms with E-state index in [1.54, 1.807) is 0 Å². The maximum absolute atomic E-state index is 11.4. The molecule has 0 aromatic rings. The average molecular weight is 419 g/mol. The van der Waals surface area contributed by atoms with Gasteiger partial charge in [-0.25, -0.2) is 0 Å². The van der Waals surface area contributed by atoms with Crippen LogP contribution < -0.4 is 0 Å². The van der Waals surface area contributed by atoms with Crippen LogP contribution in [0, 0.1) is 5.92 Å². The molecule has 0 bridgehead atoms. The molecule has 160 valence electrons. The van der Waals surface area contributed by atoms with Crippen molar-refractivity contribution in [2.75, 3.05) is 13.2 Å². The zero-order chi connectivity index (χ0) is 21.3. The van der Waals surface area contributed by atoms with E-state index in [1.807, 2.05) is 0 Å². The summed E-state index contributed by atoms with van der Waals surface area (Å²) in [5.41, 5.74) is 0. The molecule has 3 atom stereocenters. The van der Waals surface area contributed by atoms with Crippen molar-refractivity contribution in [3.05, 3.63) is 0 Å². The molecule has 0 aromatic heterocycles. The highest BCUT2D eigenvalue weighted by Crippen LogP contribution is 2.40. The number of carbonyl (C=O) groups excluding carboxylic acids is 1. The van der Waals surface area contributed by atoms with Crippen LogP contribution in [-0.2, 0) is 23.1 Å². The van der Waals surface area contributed by atoms with Gasteiger partial charge in [-0.3, -0.25) is 4.79 Å². The zero-order valence-electron chi connectivity index (χ0n) is 19.4. The molecular formula is C20H42O5Si2. The highest BCUT2D eigenvalue weighted by atomic mass is 28.4. The predicted octanol–water partition coefficient (Wildman–Crippen LogP) is 5.32. The summed E-state index contributed by atoms with van der Waals surface area (Å²) in [6.07, 6.45) is 0.0662. The summed E-state index contributed by atoms with van der Waals surface area (Å²) >= 11 is 0. The first-order valence-corrected chi connectivity index (χ1v) is 15.9. The third-order valence-corrected chi connectivity index (χ3v) is 15.5. The van der Waals surface area contributed by atoms with Crippen LogP contribution in [0.25, 0.3) is 0 Å². The average Bonchev–Trinajstić information content (AvgIpc) is 2.82. The standard InChI is InChI=1S/C20H42O5Si2/c1-15(21)24-18-12-16(13-22-26(8,9)19(2,3)4)17(25-18)14-23-27(10,11)20(5,6)7/h16-18H,12-14H2,1-11H3/t16-,17-,18+/m1/s1. The van der Waals surface area contributed by atoms with E-state index in [0.717, 1.165) is 0 Å². The van der Waals surface area contributed by atoms with E-state index in [9.17, 15) is 4.79 Å². The Morgan fingerprint density at radius 1 is 0.926 bits per heavy atom. The van der Waals surface area contributed by atoms with Gasteiger partial charge in [0.15, 0.2) is 16.6 Å². The summed E-state index contributed by atoms with van der Waals surface area (Å²) < 4.78 is 24.2. The van der Waals surface area contributed by atoms with E-state index in [2.05, 4.69) is 67.7 Å². The van der Waals surface area contributed by atoms with Crippen LogP contribution in [0.5, 0.6) is 0 Å². The second kappa shape index (κ2) is 8.65. The van der Waals surface area contributed by atoms with E-state index >= 15 is 0 Å². The van der Waals surface area contributed by atoms with Crippen molar-refractivity contribution < 1.29 is 23.1 Å². The van der Waals surface area contributed by atoms with Crippen molar-refractivity contribution in [1.29, 1.82) is 0 Å². The highest BCUT2D eigenvalue weighted by Gasteiger charge is 2.44. The van der Waals surface area contributed by atoms with Crippen molar-refractivity contribution in [2.45, 2.75) is 104 Å². The van der Waals surface area contributed by atoms with Crippen LogP contribution in [0.15, 0.2) is 0 Å². The minimum atomic E-state index is -1.87. The molecule has 1 heterocycles. The number of rotatable bonds is 7. The van der Waals surface area contributed by atoms with Gasteiger partial charge in [-0.1, -0.05) is 41.5 Å². The van der Waals surface area contributed by atoms with Gasteiger partial charge in [-0.05, 0) is 36.3 Å². The van der Waals surface area contributed by atoms with Gasteiger partial charge < -0.3 is 18.3 Å². The van der Waals surface area contributed by atoms with E-state index < -0.39 is 22.9 Å². The lowest BCUT2D eigenvalue weighted by molar-refractivity contribution is -0.174. The lowest BCUT2D eigenvalue weighted by Gasteiger charge is -2.38. The fourth-order valence-electron chi connectivity index (χ4n) is 2.41. The Balaban J connectivity index is 2.80. The van der Waals surface area contributed by atoms with Gasteiger partial charge in [0.1, 0.15) is 0 Å². The zero-order valence-corrected chi connectivity index (χ0v) is 21.4. The van der Waals surface area contributed by atoms with Crippen LogP contribution >= 0.6 is 0 Å². The monoisotopic (exact) mass is 418 g/mol. The molecule has 1 aliphatic rings. The Kier molecular flexibility index (Phi) is 7.95. The minimum Gasteiger partial charge on any atom is -0.436 e. The lowest BCUT2D eigenvalue weighted by Crippen LogP contribution is -2.45. The molecule has 0 aliphatic carbocycles. The molecule has 0 saturated carbocycles. The van der Waals surface area contributed by atoms with Crippen LogP contribution in [0.1, 0.15) is 54.9 Å². The molecule has 0 spiro atoms. The molecule has 0 N–H and O–H groups in total. The Hall–Kier alpha value is -0.216. The third kappa shape index (κ3) is 6.96. The van der Waals surface area contributed by atoms with Gasteiger partial charge in [0.2, 0.25) is 6.29 Å². The fraction of sp³-hybridized carbons (Fsp3) is 0.950. The number of hydrogen-bond acceptors (Lipinski definition) is 5. The molecule has 0 unspecified atom stereocenters. The Morgan fingerprint density at radius 3 is 1.78 bits per heavy atom. The van der Waals surface area contributed by atoms with Crippen molar-refractivity contribution in [1.82, 2.24) is 0 Å². The van der Waals surface area contributed by atoms with E-state index in [-0.39, 0.29) is 28.1 Å². The largest absolute Gasteiger partial charge is 0.436 e. The molecule has 1 fully saturated rings. The lowest BCUT2D eigenvalue weighted by atomic mass is 10.0. The first kappa shape index (κ1) is 24.8. The molecule has 1 rings (SSSR count). The van der Waals surface area contributed by atoms with E-state index in [1.165, 1.54) is 6.92 Å². The van der Waals surface area contributed by atoms with Gasteiger partial charge >= 0.3 is 5.97 Å². The Morgan fingerprint density at radius 2 is 1.37 bits per heavy atom. The van der Waals surface area contributed by atoms with Gasteiger partial charge in [-0.15, -0.1) is 0 Å². The van der Waals surface area contributed by atoms with Gasteiger partial charge in [0.25, 0.3) is 0 Å². The topological polar surface area (TPSA) is 54.0 Å². The van der Waals surface area contributed by atoms with Gasteiger partial charge in [-0.2, -0.15) is 0 Å². The molecule has 1 aliphatic heterocycles. The molecule has 27 heavy (non-hydrogen) atoms. The molecule has 7 heteroatoms. The van der Waals surface area contributed by atoms with E-state index in [4.69, 9.17) is 18.3 Å². The molecular weight excluding hydrogens is 376 g/mol. The first-order chi connectivity index (χ1) is 12.0. The maximum Gasteiger partial charge on any atom is 0.304 e. The number of hydrogen-bond donors (Lipinski definition) is 0. The SMILES string of the molecule is CC(=O)O[C@@H]1C[C@H](CO[Si](C)(C)C(C)(C)C)[C@@H](CO[Si](C)(C)C(C)(C)C)O1. The molecule has 1 saturated heterocycles. The highest BCUT2D eigenvalue weighted by molar-refractivity contribution is 6.74. The van der Waals surface area contributed by atoms with Crippen LogP contribution in [0.4, 0.5) is 0 Å². The predicted molar refractivity (Wildman–Crippen MR) is 115 cm³/mol. The second-order valence-electron chi connectivity index (χ2n) is 10.9. The summed E-state index contributed by atoms with van der Waals surface area (Å²) in [5.74, 6) is -0.136. The summed E-state index contributed by atoms with van der Waals surface area (Å²) in [6, 6.07) is 0. The molecule has 5 nitrogen and oxygen atoms in total. The summed E-state index contributed by atoms with van der Waals surface area (Å²) in [7, 11) is -3.71. The first-order valence-electron chi connectivity index (χ1n) is 10.1. The smallest absolute Gasteiger partial charge is 0.304 e. The quantitative estimate of drug-likeness (QED) is 0.413. The van der Waals surface area contributed by atoms with Crippen molar-refractivity contribution >= 4 is 22.6 Å². The fourth-order valence-corrected chi connectivity index (χ4v) is 4.49. The minimum absolute atomic E-state index is 0.103. The van der Waals surface area contributed by atoms with Crippen LogP contribution in [-0.4, -0.2) is 48.2 Å². The molecule has 0 radical (unpaired) electrons. The van der Waals surface area contributed by atoms with Gasteiger partial charge in [0.05, 0.1) is 12.7 Å². The Bertz CT molecular complexity index is 467. The number of esters is 1. The van der Waals surface area contributed by atoms with Crippen molar-refractivity contribution in [3.8, 4) is 0 Å². The molecule has 0 amide bonds. The van der Waals surface area contributed by atoms with Crippen LogP contribution in [0.2, 0.25) is 36.3 Å². The maximum atomic E-state index is 11.4. The van der Waals surface area contributed by atoms with Crippen molar-refractivity contribution in [3.63, 3.8) is 0 Å². The van der Waals surface area contributed by atoms with Crippen LogP contribution in [0.3, 0.4) is 0 Å². The second-order valence-corrected chi connectivity index (χ2v) is 20.5. The number of carbonyl (C=O) groups is 1. The van der Waals surface area contributed by atoms with E-state index in [0.29, 0.717) is 19.6 Å². The third-order valence-electron chi connectivity index (χ3n) is 6.52. The normalized spacial score (nSPS) is 24.9. The summed E-state index contributed by atoms with van der Waals surface area (Å²) in [6.45, 7) is 25.0. The molecule has 0 aromatic carbocycles.